The lowest BCUT2D eigenvalue weighted by atomic mass is 10.2. The number of hydrogen-bond acceptors (Lipinski definition) is 2. The van der Waals surface area contributed by atoms with Crippen LogP contribution in [0.1, 0.15) is 25.3 Å². The van der Waals surface area contributed by atoms with Gasteiger partial charge in [0.05, 0.1) is 0 Å². The van der Waals surface area contributed by atoms with Crippen LogP contribution >= 0.6 is 0 Å². The lowest BCUT2D eigenvalue weighted by Gasteiger charge is -2.24. The summed E-state index contributed by atoms with van der Waals surface area (Å²) in [6.45, 7) is 6.85. The molecule has 0 unspecified atom stereocenters. The van der Waals surface area contributed by atoms with Gasteiger partial charge in [-0.15, -0.1) is 0 Å². The van der Waals surface area contributed by atoms with Crippen molar-refractivity contribution in [1.82, 2.24) is 10.2 Å². The quantitative estimate of drug-likeness (QED) is 0.815. The van der Waals surface area contributed by atoms with Gasteiger partial charge in [0, 0.05) is 19.1 Å². The number of likely N-dealkylation sites (N-methyl/N-ethyl adjacent to an activating group) is 1. The van der Waals surface area contributed by atoms with Crippen molar-refractivity contribution in [3.05, 3.63) is 35.9 Å². The average Bonchev–Trinajstić information content (AvgIpc) is 2.82. The van der Waals surface area contributed by atoms with Gasteiger partial charge in [-0.1, -0.05) is 37.3 Å². The van der Waals surface area contributed by atoms with Crippen LogP contribution < -0.4 is 5.32 Å². The first-order valence-electron chi connectivity index (χ1n) is 6.38. The van der Waals surface area contributed by atoms with E-state index in [2.05, 4.69) is 47.5 Å². The highest BCUT2D eigenvalue weighted by molar-refractivity contribution is 5.14. The van der Waals surface area contributed by atoms with E-state index in [9.17, 15) is 0 Å². The molecule has 1 heterocycles. The summed E-state index contributed by atoms with van der Waals surface area (Å²) in [4.78, 5) is 2.53. The van der Waals surface area contributed by atoms with E-state index in [1.807, 2.05) is 0 Å². The SMILES string of the molecule is CCN(Cc1ccccc1)C[C@H]1CCCN1. The normalized spacial score (nSPS) is 20.5. The monoisotopic (exact) mass is 218 g/mol. The third-order valence-electron chi connectivity index (χ3n) is 3.34. The van der Waals surface area contributed by atoms with Gasteiger partial charge in [-0.3, -0.25) is 4.90 Å². The van der Waals surface area contributed by atoms with Crippen molar-refractivity contribution < 1.29 is 0 Å². The second-order valence-electron chi connectivity index (χ2n) is 4.61. The van der Waals surface area contributed by atoms with Crippen LogP contribution in [0.4, 0.5) is 0 Å². The van der Waals surface area contributed by atoms with Crippen LogP contribution in [0.25, 0.3) is 0 Å². The Balaban J connectivity index is 1.85. The van der Waals surface area contributed by atoms with E-state index in [1.165, 1.54) is 31.5 Å². The van der Waals surface area contributed by atoms with Gasteiger partial charge in [0.15, 0.2) is 0 Å². The number of nitrogens with one attached hydrogen (secondary N) is 1. The topological polar surface area (TPSA) is 15.3 Å². The van der Waals surface area contributed by atoms with E-state index in [4.69, 9.17) is 0 Å². The molecule has 1 atom stereocenters. The van der Waals surface area contributed by atoms with Crippen molar-refractivity contribution in [3.8, 4) is 0 Å². The van der Waals surface area contributed by atoms with Gasteiger partial charge in [0.1, 0.15) is 0 Å². The Morgan fingerprint density at radius 3 is 2.75 bits per heavy atom. The Bertz CT molecular complexity index is 291. The van der Waals surface area contributed by atoms with E-state index >= 15 is 0 Å². The Hall–Kier alpha value is -0.860. The maximum atomic E-state index is 3.57. The van der Waals surface area contributed by atoms with Gasteiger partial charge in [-0.2, -0.15) is 0 Å². The van der Waals surface area contributed by atoms with Crippen molar-refractivity contribution in [2.24, 2.45) is 0 Å². The molecule has 1 aromatic rings. The van der Waals surface area contributed by atoms with Crippen molar-refractivity contribution >= 4 is 0 Å². The molecule has 16 heavy (non-hydrogen) atoms. The minimum Gasteiger partial charge on any atom is -0.313 e. The highest BCUT2D eigenvalue weighted by Gasteiger charge is 2.16. The number of rotatable bonds is 5. The highest BCUT2D eigenvalue weighted by Crippen LogP contribution is 2.10. The molecule has 0 spiro atoms. The maximum Gasteiger partial charge on any atom is 0.0234 e. The Morgan fingerprint density at radius 1 is 1.31 bits per heavy atom. The minimum absolute atomic E-state index is 0.712. The zero-order chi connectivity index (χ0) is 11.2. The van der Waals surface area contributed by atoms with E-state index < -0.39 is 0 Å². The predicted molar refractivity (Wildman–Crippen MR) is 68.4 cm³/mol. The molecule has 1 N–H and O–H groups in total. The van der Waals surface area contributed by atoms with Gasteiger partial charge in [-0.05, 0) is 31.5 Å². The molecule has 0 aliphatic carbocycles. The average molecular weight is 218 g/mol. The van der Waals surface area contributed by atoms with Crippen molar-refractivity contribution in [2.75, 3.05) is 19.6 Å². The van der Waals surface area contributed by atoms with Gasteiger partial charge in [-0.25, -0.2) is 0 Å². The first-order valence-corrected chi connectivity index (χ1v) is 6.38. The molecule has 88 valence electrons. The van der Waals surface area contributed by atoms with Crippen molar-refractivity contribution in [2.45, 2.75) is 32.4 Å². The Labute approximate surface area is 98.7 Å². The van der Waals surface area contributed by atoms with Crippen LogP contribution in [-0.2, 0) is 6.54 Å². The van der Waals surface area contributed by atoms with Crippen LogP contribution in [0, 0.1) is 0 Å². The maximum absolute atomic E-state index is 3.57. The van der Waals surface area contributed by atoms with Gasteiger partial charge >= 0.3 is 0 Å². The van der Waals surface area contributed by atoms with Crippen LogP contribution in [-0.4, -0.2) is 30.6 Å². The lowest BCUT2D eigenvalue weighted by Crippen LogP contribution is -2.37. The first kappa shape index (κ1) is 11.6. The molecule has 0 amide bonds. The molecule has 1 aromatic carbocycles. The van der Waals surface area contributed by atoms with E-state index in [-0.39, 0.29) is 0 Å². The minimum atomic E-state index is 0.712. The Kier molecular flexibility index (Phi) is 4.37. The molecule has 1 fully saturated rings. The predicted octanol–water partition coefficient (Wildman–Crippen LogP) is 2.26. The smallest absolute Gasteiger partial charge is 0.0234 e. The molecule has 0 saturated carbocycles. The van der Waals surface area contributed by atoms with E-state index in [1.54, 1.807) is 0 Å². The number of nitrogens with zero attached hydrogens (tertiary/aromatic N) is 1. The summed E-state index contributed by atoms with van der Waals surface area (Å²) < 4.78 is 0. The van der Waals surface area contributed by atoms with Crippen molar-refractivity contribution in [1.29, 1.82) is 0 Å². The molecular formula is C14H22N2. The molecule has 2 heteroatoms. The lowest BCUT2D eigenvalue weighted by molar-refractivity contribution is 0.253. The van der Waals surface area contributed by atoms with Gasteiger partial charge in [0.25, 0.3) is 0 Å². The summed E-state index contributed by atoms with van der Waals surface area (Å²) in [6, 6.07) is 11.5. The van der Waals surface area contributed by atoms with Crippen molar-refractivity contribution in [3.63, 3.8) is 0 Å². The molecular weight excluding hydrogens is 196 g/mol. The molecule has 2 rings (SSSR count). The molecule has 1 aliphatic heterocycles. The molecule has 2 nitrogen and oxygen atoms in total. The Morgan fingerprint density at radius 2 is 2.12 bits per heavy atom. The van der Waals surface area contributed by atoms with Crippen LogP contribution in [0.15, 0.2) is 30.3 Å². The van der Waals surface area contributed by atoms with E-state index in [0.717, 1.165) is 13.1 Å². The summed E-state index contributed by atoms with van der Waals surface area (Å²) in [5.41, 5.74) is 1.42. The molecule has 0 aromatic heterocycles. The molecule has 1 aliphatic rings. The fourth-order valence-corrected chi connectivity index (χ4v) is 2.37. The summed E-state index contributed by atoms with van der Waals surface area (Å²) in [5.74, 6) is 0. The van der Waals surface area contributed by atoms with Gasteiger partial charge < -0.3 is 5.32 Å². The zero-order valence-electron chi connectivity index (χ0n) is 10.2. The summed E-state index contributed by atoms with van der Waals surface area (Å²) in [6.07, 6.45) is 2.68. The fourth-order valence-electron chi connectivity index (χ4n) is 2.37. The molecule has 0 radical (unpaired) electrons. The third-order valence-corrected chi connectivity index (χ3v) is 3.34. The standard InChI is InChI=1S/C14H22N2/c1-2-16(12-14-9-6-10-15-14)11-13-7-4-3-5-8-13/h3-5,7-8,14-15H,2,6,9-12H2,1H3/t14-/m1/s1. The number of benzene rings is 1. The summed E-state index contributed by atoms with van der Waals surface area (Å²) in [7, 11) is 0. The zero-order valence-corrected chi connectivity index (χ0v) is 10.2. The molecule has 1 saturated heterocycles. The van der Waals surface area contributed by atoms with Crippen LogP contribution in [0.5, 0.6) is 0 Å². The second kappa shape index (κ2) is 6.02. The fraction of sp³-hybridized carbons (Fsp3) is 0.571. The van der Waals surface area contributed by atoms with Gasteiger partial charge in [0.2, 0.25) is 0 Å². The van der Waals surface area contributed by atoms with Crippen LogP contribution in [0.2, 0.25) is 0 Å². The first-order chi connectivity index (χ1) is 7.88. The molecule has 0 bridgehead atoms. The third kappa shape index (κ3) is 3.32. The van der Waals surface area contributed by atoms with Crippen LogP contribution in [0.3, 0.4) is 0 Å². The summed E-state index contributed by atoms with van der Waals surface area (Å²) >= 11 is 0. The number of hydrogen-bond donors (Lipinski definition) is 1. The summed E-state index contributed by atoms with van der Waals surface area (Å²) in [5, 5.41) is 3.57. The second-order valence-corrected chi connectivity index (χ2v) is 4.61. The largest absolute Gasteiger partial charge is 0.313 e. The van der Waals surface area contributed by atoms with E-state index in [0.29, 0.717) is 6.04 Å². The highest BCUT2D eigenvalue weighted by atomic mass is 15.1.